The number of aromatic nitrogens is 1. The zero-order valence-corrected chi connectivity index (χ0v) is 14.0. The van der Waals surface area contributed by atoms with Crippen molar-refractivity contribution in [2.75, 3.05) is 19.4 Å². The lowest BCUT2D eigenvalue weighted by Crippen LogP contribution is -2.50. The number of rotatable bonds is 7. The largest absolute Gasteiger partial charge is 0.343 e. The Morgan fingerprint density at radius 3 is 2.43 bits per heavy atom. The van der Waals surface area contributed by atoms with Crippen LogP contribution in [-0.2, 0) is 9.59 Å². The summed E-state index contributed by atoms with van der Waals surface area (Å²) in [6.45, 7) is 5.84. The maximum absolute atomic E-state index is 12.3. The van der Waals surface area contributed by atoms with E-state index in [0.717, 1.165) is 0 Å². The van der Waals surface area contributed by atoms with Gasteiger partial charge < -0.3 is 10.6 Å². The number of carbonyl (C=O) groups is 2. The van der Waals surface area contributed by atoms with Gasteiger partial charge in [0.2, 0.25) is 11.8 Å². The molecule has 0 radical (unpaired) electrons. The molecule has 2 amide bonds. The number of nitrogens with zero attached hydrogens (tertiary/aromatic N) is 2. The normalized spacial score (nSPS) is 14.0. The molecule has 21 heavy (non-hydrogen) atoms. The molecule has 1 aromatic heterocycles. The number of hydrogen-bond acceptors (Lipinski definition) is 5. The number of likely N-dealkylation sites (N-methyl/N-ethyl adjacent to an activating group) is 1. The van der Waals surface area contributed by atoms with Crippen molar-refractivity contribution in [3.05, 3.63) is 11.6 Å². The van der Waals surface area contributed by atoms with Crippen LogP contribution in [0.2, 0.25) is 0 Å². The molecule has 2 N–H and O–H groups in total. The molecule has 0 saturated heterocycles. The summed E-state index contributed by atoms with van der Waals surface area (Å²) in [4.78, 5) is 30.3. The first-order valence-corrected chi connectivity index (χ1v) is 7.86. The third-order valence-corrected chi connectivity index (χ3v) is 3.85. The highest BCUT2D eigenvalue weighted by atomic mass is 32.1. The van der Waals surface area contributed by atoms with E-state index >= 15 is 0 Å². The molecule has 0 aliphatic carbocycles. The van der Waals surface area contributed by atoms with Gasteiger partial charge in [-0.2, -0.15) is 0 Å². The first-order valence-electron chi connectivity index (χ1n) is 6.98. The predicted octanol–water partition coefficient (Wildman–Crippen LogP) is 1.56. The van der Waals surface area contributed by atoms with E-state index in [1.165, 1.54) is 11.3 Å². The zero-order valence-electron chi connectivity index (χ0n) is 13.2. The Morgan fingerprint density at radius 2 is 1.95 bits per heavy atom. The summed E-state index contributed by atoms with van der Waals surface area (Å²) in [5.74, 6) is -0.0788. The van der Waals surface area contributed by atoms with Crippen molar-refractivity contribution < 1.29 is 9.59 Å². The van der Waals surface area contributed by atoms with Crippen LogP contribution in [-0.4, -0.2) is 47.9 Å². The summed E-state index contributed by atoms with van der Waals surface area (Å²) in [6, 6.07) is -0.837. The fraction of sp³-hybridized carbons (Fsp3) is 0.643. The van der Waals surface area contributed by atoms with Crippen molar-refractivity contribution in [2.45, 2.75) is 39.3 Å². The second-order valence-electron chi connectivity index (χ2n) is 5.66. The van der Waals surface area contributed by atoms with E-state index in [2.05, 4.69) is 15.6 Å². The highest BCUT2D eigenvalue weighted by molar-refractivity contribution is 7.13. The van der Waals surface area contributed by atoms with E-state index in [-0.39, 0.29) is 17.9 Å². The predicted molar refractivity (Wildman–Crippen MR) is 85.3 cm³/mol. The van der Waals surface area contributed by atoms with Crippen molar-refractivity contribution in [1.82, 2.24) is 15.2 Å². The summed E-state index contributed by atoms with van der Waals surface area (Å²) in [6.07, 6.45) is 2.22. The molecule has 7 heteroatoms. The van der Waals surface area contributed by atoms with Crippen LogP contribution in [0.4, 0.5) is 5.13 Å². The SMILES string of the molecule is CC(C)CC(NC(=O)[C@@H](C)N(C)C)C(=O)Nc1nccs1. The summed E-state index contributed by atoms with van der Waals surface area (Å²) in [7, 11) is 3.66. The third-order valence-electron chi connectivity index (χ3n) is 3.16. The van der Waals surface area contributed by atoms with Gasteiger partial charge in [-0.15, -0.1) is 11.3 Å². The molecule has 1 rings (SSSR count). The van der Waals surface area contributed by atoms with Crippen LogP contribution in [0.1, 0.15) is 27.2 Å². The molecule has 0 aliphatic rings. The number of carbonyl (C=O) groups excluding carboxylic acids is 2. The number of hydrogen-bond donors (Lipinski definition) is 2. The number of amides is 2. The second kappa shape index (κ2) is 8.09. The van der Waals surface area contributed by atoms with Crippen molar-refractivity contribution in [3.63, 3.8) is 0 Å². The van der Waals surface area contributed by atoms with Crippen LogP contribution >= 0.6 is 11.3 Å². The lowest BCUT2D eigenvalue weighted by molar-refractivity contribution is -0.129. The molecule has 0 fully saturated rings. The topological polar surface area (TPSA) is 74.3 Å². The molecular weight excluding hydrogens is 288 g/mol. The van der Waals surface area contributed by atoms with Crippen molar-refractivity contribution >= 4 is 28.3 Å². The molecule has 0 spiro atoms. The van der Waals surface area contributed by atoms with E-state index in [1.54, 1.807) is 23.4 Å². The molecular formula is C14H24N4O2S. The quantitative estimate of drug-likeness (QED) is 0.801. The minimum absolute atomic E-state index is 0.153. The van der Waals surface area contributed by atoms with Crippen LogP contribution in [0.5, 0.6) is 0 Å². The van der Waals surface area contributed by atoms with Gasteiger partial charge >= 0.3 is 0 Å². The molecule has 6 nitrogen and oxygen atoms in total. The standard InChI is InChI=1S/C14H24N4O2S/c1-9(2)8-11(16-12(19)10(3)18(4)5)13(20)17-14-15-6-7-21-14/h6-7,9-11H,8H2,1-5H3,(H,16,19)(H,15,17,20)/t10-,11?/m1/s1. The van der Waals surface area contributed by atoms with Crippen LogP contribution < -0.4 is 10.6 Å². The molecule has 0 bridgehead atoms. The Kier molecular flexibility index (Phi) is 6.77. The van der Waals surface area contributed by atoms with Crippen LogP contribution in [0.25, 0.3) is 0 Å². The smallest absolute Gasteiger partial charge is 0.248 e. The first-order chi connectivity index (χ1) is 9.81. The second-order valence-corrected chi connectivity index (χ2v) is 6.55. The Morgan fingerprint density at radius 1 is 1.29 bits per heavy atom. The van der Waals surface area contributed by atoms with Gasteiger partial charge in [0.05, 0.1) is 6.04 Å². The van der Waals surface area contributed by atoms with Crippen molar-refractivity contribution in [2.24, 2.45) is 5.92 Å². The summed E-state index contributed by atoms with van der Waals surface area (Å²) in [5, 5.41) is 7.90. The Hall–Kier alpha value is -1.47. The zero-order chi connectivity index (χ0) is 16.0. The van der Waals surface area contributed by atoms with Gasteiger partial charge in [-0.25, -0.2) is 4.98 Å². The summed E-state index contributed by atoms with van der Waals surface area (Å²) in [5.41, 5.74) is 0. The Bertz CT molecular complexity index is 460. The monoisotopic (exact) mass is 312 g/mol. The molecule has 0 saturated carbocycles. The maximum atomic E-state index is 12.3. The minimum Gasteiger partial charge on any atom is -0.343 e. The van der Waals surface area contributed by atoms with E-state index in [4.69, 9.17) is 0 Å². The van der Waals surface area contributed by atoms with Gasteiger partial charge in [-0.3, -0.25) is 14.5 Å². The molecule has 118 valence electrons. The average Bonchev–Trinajstić information content (AvgIpc) is 2.88. The van der Waals surface area contributed by atoms with E-state index < -0.39 is 6.04 Å². The number of thiazole rings is 1. The van der Waals surface area contributed by atoms with Crippen LogP contribution in [0, 0.1) is 5.92 Å². The summed E-state index contributed by atoms with van der Waals surface area (Å²) < 4.78 is 0. The van der Waals surface area contributed by atoms with Crippen LogP contribution in [0.3, 0.4) is 0 Å². The highest BCUT2D eigenvalue weighted by Gasteiger charge is 2.25. The van der Waals surface area contributed by atoms with Crippen LogP contribution in [0.15, 0.2) is 11.6 Å². The average molecular weight is 312 g/mol. The first kappa shape index (κ1) is 17.6. The Labute approximate surface area is 129 Å². The lowest BCUT2D eigenvalue weighted by Gasteiger charge is -2.24. The fourth-order valence-electron chi connectivity index (χ4n) is 1.71. The molecule has 0 aromatic carbocycles. The van der Waals surface area contributed by atoms with Crippen molar-refractivity contribution in [1.29, 1.82) is 0 Å². The molecule has 1 unspecified atom stereocenters. The van der Waals surface area contributed by atoms with Gasteiger partial charge in [0.15, 0.2) is 5.13 Å². The third kappa shape index (κ3) is 5.81. The number of anilines is 1. The Balaban J connectivity index is 2.70. The van der Waals surface area contributed by atoms with E-state index in [1.807, 2.05) is 27.9 Å². The molecule has 1 heterocycles. The van der Waals surface area contributed by atoms with Crippen molar-refractivity contribution in [3.8, 4) is 0 Å². The fourth-order valence-corrected chi connectivity index (χ4v) is 2.24. The lowest BCUT2D eigenvalue weighted by atomic mass is 10.0. The van der Waals surface area contributed by atoms with Gasteiger partial charge in [-0.1, -0.05) is 13.8 Å². The summed E-state index contributed by atoms with van der Waals surface area (Å²) >= 11 is 1.35. The number of nitrogens with one attached hydrogen (secondary N) is 2. The minimum atomic E-state index is -0.552. The molecule has 2 atom stereocenters. The van der Waals surface area contributed by atoms with E-state index in [9.17, 15) is 9.59 Å². The van der Waals surface area contributed by atoms with Gasteiger partial charge in [0, 0.05) is 11.6 Å². The van der Waals surface area contributed by atoms with E-state index in [0.29, 0.717) is 17.5 Å². The van der Waals surface area contributed by atoms with Gasteiger partial charge in [-0.05, 0) is 33.4 Å². The maximum Gasteiger partial charge on any atom is 0.248 e. The van der Waals surface area contributed by atoms with Gasteiger partial charge in [0.1, 0.15) is 6.04 Å². The molecule has 1 aromatic rings. The molecule has 0 aliphatic heterocycles. The van der Waals surface area contributed by atoms with Gasteiger partial charge in [0.25, 0.3) is 0 Å². The highest BCUT2D eigenvalue weighted by Crippen LogP contribution is 2.13.